The minimum Gasteiger partial charge on any atom is -0.501 e. The fourth-order valence-electron chi connectivity index (χ4n) is 2.93. The van der Waals surface area contributed by atoms with E-state index >= 15 is 0 Å². The van der Waals surface area contributed by atoms with Gasteiger partial charge in [0.2, 0.25) is 0 Å². The number of nitrogens with two attached hydrogens (primary N) is 1. The Morgan fingerprint density at radius 1 is 1.25 bits per heavy atom. The minimum atomic E-state index is 0.252. The fourth-order valence-corrected chi connectivity index (χ4v) is 2.93. The number of ether oxygens (including phenoxy) is 1. The molecule has 1 heterocycles. The van der Waals surface area contributed by atoms with Crippen LogP contribution in [0.25, 0.3) is 0 Å². The maximum absolute atomic E-state index is 6.22. The Hall–Kier alpha value is -0.500. The summed E-state index contributed by atoms with van der Waals surface area (Å²) in [5.41, 5.74) is 7.55. The van der Waals surface area contributed by atoms with Crippen molar-refractivity contribution >= 4 is 0 Å². The van der Waals surface area contributed by atoms with Gasteiger partial charge in [-0.3, -0.25) is 0 Å². The summed E-state index contributed by atoms with van der Waals surface area (Å²) in [6.07, 6.45) is 13.9. The zero-order valence-corrected chi connectivity index (χ0v) is 10.3. The molecule has 2 N–H and O–H groups in total. The Morgan fingerprint density at radius 2 is 2.06 bits per heavy atom. The van der Waals surface area contributed by atoms with Crippen molar-refractivity contribution in [3.8, 4) is 0 Å². The molecule has 0 saturated heterocycles. The largest absolute Gasteiger partial charge is 0.501 e. The second-order valence-electron chi connectivity index (χ2n) is 5.35. The highest BCUT2D eigenvalue weighted by atomic mass is 16.5. The fraction of sp³-hybridized carbons (Fsp3) is 0.857. The van der Waals surface area contributed by atoms with Gasteiger partial charge in [0.25, 0.3) is 0 Å². The van der Waals surface area contributed by atoms with E-state index in [0.717, 1.165) is 31.8 Å². The predicted molar refractivity (Wildman–Crippen MR) is 67.1 cm³/mol. The van der Waals surface area contributed by atoms with Crippen molar-refractivity contribution in [2.45, 2.75) is 63.8 Å². The Balaban J connectivity index is 1.69. The second-order valence-corrected chi connectivity index (χ2v) is 5.35. The first-order valence-electron chi connectivity index (χ1n) is 6.92. The van der Waals surface area contributed by atoms with Crippen LogP contribution in [0.4, 0.5) is 0 Å². The van der Waals surface area contributed by atoms with Crippen molar-refractivity contribution in [2.24, 2.45) is 11.7 Å². The molecule has 0 amide bonds. The third kappa shape index (κ3) is 3.51. The van der Waals surface area contributed by atoms with Crippen LogP contribution in [0, 0.1) is 5.92 Å². The summed E-state index contributed by atoms with van der Waals surface area (Å²) in [6.45, 7) is 0.874. The molecule has 2 rings (SSSR count). The lowest BCUT2D eigenvalue weighted by molar-refractivity contribution is 0.219. The molecule has 0 aromatic carbocycles. The van der Waals surface area contributed by atoms with Crippen molar-refractivity contribution in [1.29, 1.82) is 0 Å². The van der Waals surface area contributed by atoms with E-state index in [9.17, 15) is 0 Å². The van der Waals surface area contributed by atoms with Crippen LogP contribution < -0.4 is 5.73 Å². The highest BCUT2D eigenvalue weighted by Crippen LogP contribution is 2.28. The Bertz CT molecular complexity index is 231. The molecule has 2 heteroatoms. The van der Waals surface area contributed by atoms with E-state index < -0.39 is 0 Å². The smallest absolute Gasteiger partial charge is 0.0876 e. The van der Waals surface area contributed by atoms with Crippen LogP contribution in [0.3, 0.4) is 0 Å². The number of hydrogen-bond donors (Lipinski definition) is 1. The predicted octanol–water partition coefficient (Wildman–Crippen LogP) is 3.37. The Labute approximate surface area is 99.2 Å². The van der Waals surface area contributed by atoms with Crippen LogP contribution in [0.5, 0.6) is 0 Å². The van der Waals surface area contributed by atoms with Crippen LogP contribution in [0.15, 0.2) is 11.8 Å². The summed E-state index contributed by atoms with van der Waals surface area (Å²) >= 11 is 0. The van der Waals surface area contributed by atoms with Gasteiger partial charge >= 0.3 is 0 Å². The molecule has 0 aromatic rings. The topological polar surface area (TPSA) is 35.2 Å². The van der Waals surface area contributed by atoms with Gasteiger partial charge < -0.3 is 10.5 Å². The second kappa shape index (κ2) is 6.29. The molecular weight excluding hydrogens is 198 g/mol. The summed E-state index contributed by atoms with van der Waals surface area (Å²) in [6, 6.07) is 0.252. The molecule has 0 radical (unpaired) electrons. The molecule has 1 unspecified atom stereocenters. The van der Waals surface area contributed by atoms with Crippen LogP contribution in [-0.2, 0) is 4.74 Å². The van der Waals surface area contributed by atoms with Gasteiger partial charge in [0.05, 0.1) is 12.9 Å². The molecule has 1 aliphatic carbocycles. The zero-order chi connectivity index (χ0) is 11.2. The molecule has 0 aromatic heterocycles. The Morgan fingerprint density at radius 3 is 2.75 bits per heavy atom. The van der Waals surface area contributed by atoms with Gasteiger partial charge in [0.15, 0.2) is 0 Å². The standard InChI is InChI=1S/C14H25NO/c15-14(13-7-4-10-16-11-13)9-8-12-5-2-1-3-6-12/h11-12,14H,1-10,15H2. The Kier molecular flexibility index (Phi) is 4.70. The van der Waals surface area contributed by atoms with E-state index in [0.29, 0.717) is 0 Å². The number of hydrogen-bond acceptors (Lipinski definition) is 2. The van der Waals surface area contributed by atoms with Crippen molar-refractivity contribution in [3.05, 3.63) is 11.8 Å². The summed E-state index contributed by atoms with van der Waals surface area (Å²) < 4.78 is 5.35. The maximum atomic E-state index is 6.22. The molecule has 16 heavy (non-hydrogen) atoms. The van der Waals surface area contributed by atoms with Crippen molar-refractivity contribution in [1.82, 2.24) is 0 Å². The molecule has 92 valence electrons. The monoisotopic (exact) mass is 223 g/mol. The average Bonchev–Trinajstić information content (AvgIpc) is 2.38. The first-order chi connectivity index (χ1) is 7.86. The summed E-state index contributed by atoms with van der Waals surface area (Å²) in [5.74, 6) is 0.949. The van der Waals surface area contributed by atoms with E-state index in [-0.39, 0.29) is 6.04 Å². The van der Waals surface area contributed by atoms with Gasteiger partial charge in [-0.2, -0.15) is 0 Å². The highest BCUT2D eigenvalue weighted by Gasteiger charge is 2.17. The molecule has 2 nitrogen and oxygen atoms in total. The normalized spacial score (nSPS) is 24.7. The van der Waals surface area contributed by atoms with Gasteiger partial charge in [-0.25, -0.2) is 0 Å². The number of rotatable bonds is 4. The molecule has 1 aliphatic heterocycles. The summed E-state index contributed by atoms with van der Waals surface area (Å²) in [4.78, 5) is 0. The molecule has 0 bridgehead atoms. The van der Waals surface area contributed by atoms with Gasteiger partial charge in [-0.1, -0.05) is 32.1 Å². The van der Waals surface area contributed by atoms with E-state index in [2.05, 4.69) is 0 Å². The minimum absolute atomic E-state index is 0.252. The average molecular weight is 223 g/mol. The van der Waals surface area contributed by atoms with Gasteiger partial charge in [-0.05, 0) is 37.2 Å². The summed E-state index contributed by atoms with van der Waals surface area (Å²) in [5, 5.41) is 0. The van der Waals surface area contributed by atoms with Crippen LogP contribution in [-0.4, -0.2) is 12.6 Å². The van der Waals surface area contributed by atoms with Crippen molar-refractivity contribution in [2.75, 3.05) is 6.61 Å². The first-order valence-corrected chi connectivity index (χ1v) is 6.92. The zero-order valence-electron chi connectivity index (χ0n) is 10.3. The molecule has 1 fully saturated rings. The third-order valence-corrected chi connectivity index (χ3v) is 4.05. The van der Waals surface area contributed by atoms with Crippen molar-refractivity contribution < 1.29 is 4.74 Å². The summed E-state index contributed by atoms with van der Waals surface area (Å²) in [7, 11) is 0. The quantitative estimate of drug-likeness (QED) is 0.793. The van der Waals surface area contributed by atoms with Gasteiger partial charge in [0, 0.05) is 6.04 Å². The van der Waals surface area contributed by atoms with Gasteiger partial charge in [0.1, 0.15) is 0 Å². The molecule has 1 saturated carbocycles. The van der Waals surface area contributed by atoms with E-state index in [1.807, 2.05) is 6.26 Å². The van der Waals surface area contributed by atoms with Crippen molar-refractivity contribution in [3.63, 3.8) is 0 Å². The van der Waals surface area contributed by atoms with Crippen LogP contribution in [0.2, 0.25) is 0 Å². The maximum Gasteiger partial charge on any atom is 0.0876 e. The molecule has 1 atom stereocenters. The lowest BCUT2D eigenvalue weighted by atomic mass is 9.84. The molecule has 0 spiro atoms. The molecular formula is C14H25NO. The van der Waals surface area contributed by atoms with Crippen LogP contribution in [0.1, 0.15) is 57.8 Å². The third-order valence-electron chi connectivity index (χ3n) is 4.05. The lowest BCUT2D eigenvalue weighted by Crippen LogP contribution is -2.25. The van der Waals surface area contributed by atoms with E-state index in [4.69, 9.17) is 10.5 Å². The first kappa shape index (κ1) is 12.0. The van der Waals surface area contributed by atoms with E-state index in [1.54, 1.807) is 0 Å². The SMILES string of the molecule is NC(CCC1CCCCC1)C1=COCCC1. The van der Waals surface area contributed by atoms with E-state index in [1.165, 1.54) is 44.1 Å². The van der Waals surface area contributed by atoms with Crippen LogP contribution >= 0.6 is 0 Å². The van der Waals surface area contributed by atoms with Gasteiger partial charge in [-0.15, -0.1) is 0 Å². The molecule has 2 aliphatic rings. The lowest BCUT2D eigenvalue weighted by Gasteiger charge is -2.24. The highest BCUT2D eigenvalue weighted by molar-refractivity contribution is 5.08.